The van der Waals surface area contributed by atoms with Gasteiger partial charge in [-0.3, -0.25) is 4.79 Å². The van der Waals surface area contributed by atoms with Gasteiger partial charge in [-0.15, -0.1) is 0 Å². The van der Waals surface area contributed by atoms with E-state index in [1.807, 2.05) is 18.2 Å². The molecule has 86 valence electrons. The molecule has 1 fully saturated rings. The van der Waals surface area contributed by atoms with Crippen LogP contribution < -0.4 is 11.1 Å². The smallest absolute Gasteiger partial charge is 0.230 e. The van der Waals surface area contributed by atoms with Crippen molar-refractivity contribution in [2.75, 3.05) is 13.1 Å². The van der Waals surface area contributed by atoms with E-state index in [0.717, 1.165) is 5.56 Å². The lowest BCUT2D eigenvalue weighted by Gasteiger charge is -2.41. The molecule has 0 spiro atoms. The number of benzene rings is 1. The molecular formula is C13H18N2O. The van der Waals surface area contributed by atoms with Gasteiger partial charge >= 0.3 is 0 Å². The van der Waals surface area contributed by atoms with Gasteiger partial charge in [0, 0.05) is 13.1 Å². The van der Waals surface area contributed by atoms with Gasteiger partial charge in [0.15, 0.2) is 0 Å². The molecule has 3 N–H and O–H groups in total. The normalized spacial score (nSPS) is 18.2. The summed E-state index contributed by atoms with van der Waals surface area (Å²) in [5.74, 6) is 0.187. The van der Waals surface area contributed by atoms with Crippen LogP contribution in [0.25, 0.3) is 0 Å². The van der Waals surface area contributed by atoms with Gasteiger partial charge in [-0.25, -0.2) is 0 Å². The van der Waals surface area contributed by atoms with Crippen LogP contribution in [-0.2, 0) is 10.2 Å². The summed E-state index contributed by atoms with van der Waals surface area (Å²) in [6.45, 7) is 5.59. The summed E-state index contributed by atoms with van der Waals surface area (Å²) in [5.41, 5.74) is 7.39. The fraction of sp³-hybridized carbons (Fsp3) is 0.462. The van der Waals surface area contributed by atoms with Crippen molar-refractivity contribution < 1.29 is 4.79 Å². The second-order valence-corrected chi connectivity index (χ2v) is 4.79. The van der Waals surface area contributed by atoms with Crippen LogP contribution in [0, 0.1) is 0 Å². The summed E-state index contributed by atoms with van der Waals surface area (Å²) in [4.78, 5) is 11.7. The molecule has 1 amide bonds. The Morgan fingerprint density at radius 2 is 2.00 bits per heavy atom. The van der Waals surface area contributed by atoms with Gasteiger partial charge in [0.1, 0.15) is 0 Å². The van der Waals surface area contributed by atoms with Gasteiger partial charge in [-0.1, -0.05) is 38.1 Å². The third kappa shape index (κ3) is 1.52. The molecule has 0 radical (unpaired) electrons. The second kappa shape index (κ2) is 3.91. The number of primary amides is 1. The molecule has 0 aromatic heterocycles. The maximum absolute atomic E-state index is 11.7. The van der Waals surface area contributed by atoms with Crippen LogP contribution in [0.3, 0.4) is 0 Å². The molecule has 1 saturated heterocycles. The molecule has 0 aliphatic carbocycles. The van der Waals surface area contributed by atoms with Crippen LogP contribution in [0.1, 0.15) is 30.9 Å². The third-order valence-electron chi connectivity index (χ3n) is 3.42. The molecule has 0 saturated carbocycles. The molecule has 1 aromatic rings. The molecule has 0 unspecified atom stereocenters. The van der Waals surface area contributed by atoms with Gasteiger partial charge in [0.05, 0.1) is 5.41 Å². The summed E-state index contributed by atoms with van der Waals surface area (Å²) >= 11 is 0. The van der Waals surface area contributed by atoms with Crippen molar-refractivity contribution in [3.63, 3.8) is 0 Å². The van der Waals surface area contributed by atoms with Gasteiger partial charge in [0.2, 0.25) is 5.91 Å². The minimum absolute atomic E-state index is 0.223. The highest BCUT2D eigenvalue weighted by molar-refractivity contribution is 5.89. The quantitative estimate of drug-likeness (QED) is 0.799. The summed E-state index contributed by atoms with van der Waals surface area (Å²) in [5, 5.41) is 3.15. The summed E-state index contributed by atoms with van der Waals surface area (Å²) in [7, 11) is 0. The Balaban J connectivity index is 2.50. The van der Waals surface area contributed by atoms with Gasteiger partial charge in [-0.2, -0.15) is 0 Å². The largest absolute Gasteiger partial charge is 0.369 e. The maximum atomic E-state index is 11.7. The minimum Gasteiger partial charge on any atom is -0.369 e. The van der Waals surface area contributed by atoms with Crippen LogP contribution >= 0.6 is 0 Å². The number of amides is 1. The second-order valence-electron chi connectivity index (χ2n) is 4.79. The fourth-order valence-electron chi connectivity index (χ4n) is 2.31. The lowest BCUT2D eigenvalue weighted by atomic mass is 9.71. The lowest BCUT2D eigenvalue weighted by molar-refractivity contribution is -0.125. The van der Waals surface area contributed by atoms with Gasteiger partial charge in [-0.05, 0) is 17.0 Å². The van der Waals surface area contributed by atoms with E-state index >= 15 is 0 Å². The first-order chi connectivity index (χ1) is 7.58. The van der Waals surface area contributed by atoms with Crippen molar-refractivity contribution in [1.29, 1.82) is 0 Å². The van der Waals surface area contributed by atoms with E-state index in [2.05, 4.69) is 25.2 Å². The fourth-order valence-corrected chi connectivity index (χ4v) is 2.31. The Kier molecular flexibility index (Phi) is 2.72. The van der Waals surface area contributed by atoms with Crippen molar-refractivity contribution in [2.45, 2.75) is 25.2 Å². The number of hydrogen-bond acceptors (Lipinski definition) is 2. The van der Waals surface area contributed by atoms with E-state index in [0.29, 0.717) is 19.0 Å². The monoisotopic (exact) mass is 218 g/mol. The highest BCUT2D eigenvalue weighted by atomic mass is 16.1. The van der Waals surface area contributed by atoms with Crippen LogP contribution in [0.5, 0.6) is 0 Å². The Morgan fingerprint density at radius 3 is 2.44 bits per heavy atom. The molecule has 3 nitrogen and oxygen atoms in total. The predicted octanol–water partition coefficient (Wildman–Crippen LogP) is 1.14. The first-order valence-electron chi connectivity index (χ1n) is 5.68. The van der Waals surface area contributed by atoms with Crippen molar-refractivity contribution in [2.24, 2.45) is 5.73 Å². The third-order valence-corrected chi connectivity index (χ3v) is 3.42. The van der Waals surface area contributed by atoms with E-state index in [-0.39, 0.29) is 5.91 Å². The number of carbonyl (C=O) groups is 1. The predicted molar refractivity (Wildman–Crippen MR) is 64.3 cm³/mol. The number of carbonyl (C=O) groups excluding carboxylic acids is 1. The molecule has 0 bridgehead atoms. The average Bonchev–Trinajstić information content (AvgIpc) is 2.15. The van der Waals surface area contributed by atoms with E-state index in [1.54, 1.807) is 0 Å². The van der Waals surface area contributed by atoms with Crippen molar-refractivity contribution in [3.05, 3.63) is 35.4 Å². The van der Waals surface area contributed by atoms with Crippen LogP contribution in [0.15, 0.2) is 24.3 Å². The summed E-state index contributed by atoms with van der Waals surface area (Å²) in [6, 6.07) is 8.10. The standard InChI is InChI=1S/C13H18N2O/c1-9(2)10-5-3-4-6-11(10)13(12(14)16)7-15-8-13/h3-6,9,15H,7-8H2,1-2H3,(H2,14,16). The minimum atomic E-state index is -0.485. The number of nitrogens with one attached hydrogen (secondary N) is 1. The van der Waals surface area contributed by atoms with Gasteiger partial charge < -0.3 is 11.1 Å². The molecule has 1 aliphatic heterocycles. The Hall–Kier alpha value is -1.35. The number of rotatable bonds is 3. The topological polar surface area (TPSA) is 55.1 Å². The Bertz CT molecular complexity index is 408. The van der Waals surface area contributed by atoms with Crippen molar-refractivity contribution >= 4 is 5.91 Å². The molecule has 3 heteroatoms. The molecule has 0 atom stereocenters. The van der Waals surface area contributed by atoms with Crippen LogP contribution in [0.2, 0.25) is 0 Å². The molecule has 1 aromatic carbocycles. The van der Waals surface area contributed by atoms with E-state index in [1.165, 1.54) is 5.56 Å². The Morgan fingerprint density at radius 1 is 1.38 bits per heavy atom. The van der Waals surface area contributed by atoms with Crippen molar-refractivity contribution in [3.8, 4) is 0 Å². The van der Waals surface area contributed by atoms with Crippen molar-refractivity contribution in [1.82, 2.24) is 5.32 Å². The molecular weight excluding hydrogens is 200 g/mol. The molecule has 1 heterocycles. The number of nitrogens with two attached hydrogens (primary N) is 1. The SMILES string of the molecule is CC(C)c1ccccc1C1(C(N)=O)CNC1. The first-order valence-corrected chi connectivity index (χ1v) is 5.68. The van der Waals surface area contributed by atoms with E-state index in [4.69, 9.17) is 5.73 Å². The maximum Gasteiger partial charge on any atom is 0.230 e. The van der Waals surface area contributed by atoms with E-state index in [9.17, 15) is 4.79 Å². The molecule has 2 rings (SSSR count). The zero-order valence-electron chi connectivity index (χ0n) is 9.79. The zero-order valence-corrected chi connectivity index (χ0v) is 9.79. The molecule has 16 heavy (non-hydrogen) atoms. The first kappa shape index (κ1) is 11.1. The average molecular weight is 218 g/mol. The van der Waals surface area contributed by atoms with Crippen LogP contribution in [-0.4, -0.2) is 19.0 Å². The highest BCUT2D eigenvalue weighted by Crippen LogP contribution is 2.34. The highest BCUT2D eigenvalue weighted by Gasteiger charge is 2.45. The van der Waals surface area contributed by atoms with Crippen LogP contribution in [0.4, 0.5) is 0 Å². The Labute approximate surface area is 96.0 Å². The summed E-state index contributed by atoms with van der Waals surface area (Å²) in [6.07, 6.45) is 0. The van der Waals surface area contributed by atoms with Gasteiger partial charge in [0.25, 0.3) is 0 Å². The van der Waals surface area contributed by atoms with E-state index < -0.39 is 5.41 Å². The number of hydrogen-bond donors (Lipinski definition) is 2. The zero-order chi connectivity index (χ0) is 11.8. The summed E-state index contributed by atoms with van der Waals surface area (Å²) < 4.78 is 0. The lowest BCUT2D eigenvalue weighted by Crippen LogP contribution is -2.64. The molecule has 1 aliphatic rings.